The van der Waals surface area contributed by atoms with E-state index in [1.54, 1.807) is 12.4 Å². The molecule has 1 atom stereocenters. The van der Waals surface area contributed by atoms with Crippen LogP contribution < -0.4 is 15.5 Å². The number of carbonyl (C=O) groups excluding carboxylic acids is 1. The third-order valence-electron chi connectivity index (χ3n) is 4.87. The van der Waals surface area contributed by atoms with Crippen molar-refractivity contribution < 1.29 is 4.79 Å². The Morgan fingerprint density at radius 1 is 1.12 bits per heavy atom. The first kappa shape index (κ1) is 18.2. The van der Waals surface area contributed by atoms with E-state index < -0.39 is 0 Å². The number of hydrogen-bond acceptors (Lipinski definition) is 4. The Hall–Kier alpha value is -2.56. The molecule has 1 aromatic heterocycles. The minimum Gasteiger partial charge on any atom is -0.372 e. The van der Waals surface area contributed by atoms with E-state index in [0.717, 1.165) is 30.9 Å². The molecule has 0 aliphatic carbocycles. The van der Waals surface area contributed by atoms with Crippen molar-refractivity contribution in [1.82, 2.24) is 10.3 Å². The fourth-order valence-corrected chi connectivity index (χ4v) is 3.12. The van der Waals surface area contributed by atoms with Crippen LogP contribution in [0.2, 0.25) is 0 Å². The number of anilines is 3. The monoisotopic (exact) mass is 352 g/mol. The van der Waals surface area contributed by atoms with Gasteiger partial charge in [-0.15, -0.1) is 0 Å². The minimum atomic E-state index is -0.0871. The molecule has 0 bridgehead atoms. The molecule has 1 aromatic carbocycles. The highest BCUT2D eigenvalue weighted by Crippen LogP contribution is 2.23. The summed E-state index contributed by atoms with van der Waals surface area (Å²) in [7, 11) is 0. The second-order valence-corrected chi connectivity index (χ2v) is 6.96. The maximum absolute atomic E-state index is 12.3. The zero-order valence-corrected chi connectivity index (χ0v) is 15.7. The molecule has 1 amide bonds. The molecule has 138 valence electrons. The fourth-order valence-electron chi connectivity index (χ4n) is 3.12. The Labute approximate surface area is 155 Å². The summed E-state index contributed by atoms with van der Waals surface area (Å²) in [5, 5.41) is 6.30. The molecule has 0 spiro atoms. The Morgan fingerprint density at radius 2 is 1.85 bits per heavy atom. The van der Waals surface area contributed by atoms with Gasteiger partial charge in [0, 0.05) is 36.7 Å². The van der Waals surface area contributed by atoms with Crippen molar-refractivity contribution in [3.8, 4) is 0 Å². The third kappa shape index (κ3) is 4.75. The number of rotatable bonds is 6. The predicted molar refractivity (Wildman–Crippen MR) is 107 cm³/mol. The van der Waals surface area contributed by atoms with Crippen molar-refractivity contribution in [1.29, 1.82) is 0 Å². The summed E-state index contributed by atoms with van der Waals surface area (Å²) in [6, 6.07) is 10.5. The highest BCUT2D eigenvalue weighted by molar-refractivity contribution is 5.95. The number of benzene rings is 1. The number of pyridine rings is 1. The Kier molecular flexibility index (Phi) is 6.10. The molecule has 1 saturated heterocycles. The SMILES string of the molecule is CCC(C)NC(=O)c1cncc(Nc2ccc(N3CCCCC3)cc2)c1. The van der Waals surface area contributed by atoms with Crippen LogP contribution in [0.25, 0.3) is 0 Å². The largest absolute Gasteiger partial charge is 0.372 e. The lowest BCUT2D eigenvalue weighted by Crippen LogP contribution is -2.31. The lowest BCUT2D eigenvalue weighted by atomic mass is 10.1. The number of carbonyl (C=O) groups is 1. The lowest BCUT2D eigenvalue weighted by Gasteiger charge is -2.28. The highest BCUT2D eigenvalue weighted by atomic mass is 16.1. The van der Waals surface area contributed by atoms with Gasteiger partial charge in [-0.05, 0) is 62.9 Å². The van der Waals surface area contributed by atoms with Gasteiger partial charge in [0.05, 0.1) is 17.4 Å². The molecule has 2 aromatic rings. The van der Waals surface area contributed by atoms with E-state index in [0.29, 0.717) is 5.56 Å². The van der Waals surface area contributed by atoms with Gasteiger partial charge in [-0.3, -0.25) is 9.78 Å². The maximum atomic E-state index is 12.3. The fraction of sp³-hybridized carbons (Fsp3) is 0.429. The first-order valence-corrected chi connectivity index (χ1v) is 9.53. The topological polar surface area (TPSA) is 57.3 Å². The van der Waals surface area contributed by atoms with Crippen LogP contribution in [0.3, 0.4) is 0 Å². The predicted octanol–water partition coefficient (Wildman–Crippen LogP) is 4.34. The molecule has 26 heavy (non-hydrogen) atoms. The van der Waals surface area contributed by atoms with Gasteiger partial charge < -0.3 is 15.5 Å². The van der Waals surface area contributed by atoms with Crippen LogP contribution in [0.15, 0.2) is 42.7 Å². The molecule has 1 aliphatic heterocycles. The van der Waals surface area contributed by atoms with Crippen LogP contribution in [-0.2, 0) is 0 Å². The standard InChI is InChI=1S/C21H28N4O/c1-3-16(2)23-21(26)17-13-19(15-22-14-17)24-18-7-9-20(10-8-18)25-11-5-4-6-12-25/h7-10,13-16,24H,3-6,11-12H2,1-2H3,(H,23,26). The van der Waals surface area contributed by atoms with Crippen LogP contribution in [0.5, 0.6) is 0 Å². The van der Waals surface area contributed by atoms with Gasteiger partial charge in [-0.1, -0.05) is 6.92 Å². The molecule has 1 fully saturated rings. The molecule has 0 radical (unpaired) electrons. The Bertz CT molecular complexity index is 723. The normalized spacial score (nSPS) is 15.4. The van der Waals surface area contributed by atoms with E-state index in [9.17, 15) is 4.79 Å². The van der Waals surface area contributed by atoms with Crippen molar-refractivity contribution in [3.63, 3.8) is 0 Å². The zero-order valence-electron chi connectivity index (χ0n) is 15.7. The van der Waals surface area contributed by atoms with E-state index in [2.05, 4.69) is 51.7 Å². The average molecular weight is 352 g/mol. The van der Waals surface area contributed by atoms with Crippen LogP contribution >= 0.6 is 0 Å². The molecule has 5 nitrogen and oxygen atoms in total. The number of piperidine rings is 1. The van der Waals surface area contributed by atoms with Crippen molar-refractivity contribution >= 4 is 23.0 Å². The molecule has 0 saturated carbocycles. The average Bonchev–Trinajstić information content (AvgIpc) is 2.69. The molecular weight excluding hydrogens is 324 g/mol. The van der Waals surface area contributed by atoms with Gasteiger partial charge >= 0.3 is 0 Å². The molecule has 2 N–H and O–H groups in total. The number of aromatic nitrogens is 1. The molecule has 5 heteroatoms. The quantitative estimate of drug-likeness (QED) is 0.812. The van der Waals surface area contributed by atoms with Crippen LogP contribution in [0.4, 0.5) is 17.1 Å². The summed E-state index contributed by atoms with van der Waals surface area (Å²) < 4.78 is 0. The molecule has 1 unspecified atom stereocenters. The second-order valence-electron chi connectivity index (χ2n) is 6.96. The summed E-state index contributed by atoms with van der Waals surface area (Å²) >= 11 is 0. The van der Waals surface area contributed by atoms with Crippen LogP contribution in [0.1, 0.15) is 49.9 Å². The van der Waals surface area contributed by atoms with Crippen molar-refractivity contribution in [2.45, 2.75) is 45.6 Å². The van der Waals surface area contributed by atoms with E-state index in [1.165, 1.54) is 24.9 Å². The van der Waals surface area contributed by atoms with E-state index in [4.69, 9.17) is 0 Å². The molecular formula is C21H28N4O. The first-order valence-electron chi connectivity index (χ1n) is 9.53. The Balaban J connectivity index is 1.65. The van der Waals surface area contributed by atoms with Crippen molar-refractivity contribution in [2.75, 3.05) is 23.3 Å². The van der Waals surface area contributed by atoms with Crippen LogP contribution in [-0.4, -0.2) is 30.0 Å². The number of hydrogen-bond donors (Lipinski definition) is 2. The van der Waals surface area contributed by atoms with Gasteiger partial charge in [-0.2, -0.15) is 0 Å². The van der Waals surface area contributed by atoms with E-state index in [-0.39, 0.29) is 11.9 Å². The van der Waals surface area contributed by atoms with E-state index in [1.807, 2.05) is 13.0 Å². The molecule has 3 rings (SSSR count). The third-order valence-corrected chi connectivity index (χ3v) is 4.87. The summed E-state index contributed by atoms with van der Waals surface area (Å²) in [5.41, 5.74) is 3.65. The van der Waals surface area contributed by atoms with Crippen molar-refractivity contribution in [3.05, 3.63) is 48.3 Å². The highest BCUT2D eigenvalue weighted by Gasteiger charge is 2.11. The summed E-state index contributed by atoms with van der Waals surface area (Å²) in [4.78, 5) is 18.9. The first-order chi connectivity index (χ1) is 12.7. The smallest absolute Gasteiger partial charge is 0.253 e. The molecule has 1 aliphatic rings. The van der Waals surface area contributed by atoms with Gasteiger partial charge in [0.15, 0.2) is 0 Å². The van der Waals surface area contributed by atoms with Gasteiger partial charge in [0.25, 0.3) is 5.91 Å². The lowest BCUT2D eigenvalue weighted by molar-refractivity contribution is 0.0939. The summed E-state index contributed by atoms with van der Waals surface area (Å²) in [6.07, 6.45) is 8.12. The van der Waals surface area contributed by atoms with Crippen molar-refractivity contribution in [2.24, 2.45) is 0 Å². The number of amides is 1. The van der Waals surface area contributed by atoms with Gasteiger partial charge in [-0.25, -0.2) is 0 Å². The van der Waals surface area contributed by atoms with Crippen LogP contribution in [0, 0.1) is 0 Å². The number of nitrogens with one attached hydrogen (secondary N) is 2. The molecule has 2 heterocycles. The second kappa shape index (κ2) is 8.70. The maximum Gasteiger partial charge on any atom is 0.253 e. The van der Waals surface area contributed by atoms with Gasteiger partial charge in [0.2, 0.25) is 0 Å². The zero-order chi connectivity index (χ0) is 18.4. The summed E-state index contributed by atoms with van der Waals surface area (Å²) in [5.74, 6) is -0.0871. The Morgan fingerprint density at radius 3 is 2.54 bits per heavy atom. The number of nitrogens with zero attached hydrogens (tertiary/aromatic N) is 2. The van der Waals surface area contributed by atoms with Gasteiger partial charge in [0.1, 0.15) is 0 Å². The van der Waals surface area contributed by atoms with E-state index >= 15 is 0 Å². The minimum absolute atomic E-state index is 0.0871. The summed E-state index contributed by atoms with van der Waals surface area (Å²) in [6.45, 7) is 6.33.